The average Bonchev–Trinajstić information content (AvgIpc) is 3.49. The first-order chi connectivity index (χ1) is 18.0. The Bertz CT molecular complexity index is 1430. The Labute approximate surface area is 230 Å². The molecule has 3 heterocycles. The van der Waals surface area contributed by atoms with E-state index in [0.717, 1.165) is 22.8 Å². The Morgan fingerprint density at radius 1 is 1.11 bits per heavy atom. The van der Waals surface area contributed by atoms with Crippen LogP contribution in [0.5, 0.6) is 0 Å². The number of amides is 1. The number of hydrogen-bond acceptors (Lipinski definition) is 4. The van der Waals surface area contributed by atoms with Crippen LogP contribution >= 0.6 is 35.4 Å². The van der Waals surface area contributed by atoms with Gasteiger partial charge in [0, 0.05) is 41.6 Å². The number of nitrogens with one attached hydrogen (secondary N) is 2. The van der Waals surface area contributed by atoms with Crippen LogP contribution in [-0.2, 0) is 9.53 Å². The van der Waals surface area contributed by atoms with Crippen molar-refractivity contribution in [3.8, 4) is 5.69 Å². The van der Waals surface area contributed by atoms with Crippen LogP contribution in [0.3, 0.4) is 0 Å². The third-order valence-corrected chi connectivity index (χ3v) is 6.91. The molecule has 188 valence electrons. The lowest BCUT2D eigenvalue weighted by Crippen LogP contribution is -2.30. The highest BCUT2D eigenvalue weighted by atomic mass is 35.5. The number of pyridine rings is 1. The molecule has 7 nitrogen and oxygen atoms in total. The van der Waals surface area contributed by atoms with Crippen LogP contribution in [0.2, 0.25) is 10.0 Å². The molecular weight excluding hydrogens is 529 g/mol. The summed E-state index contributed by atoms with van der Waals surface area (Å²) < 4.78 is 6.94. The van der Waals surface area contributed by atoms with Crippen LogP contribution in [0.15, 0.2) is 85.2 Å². The average molecular weight is 552 g/mol. The minimum absolute atomic E-state index is 0.0139. The van der Waals surface area contributed by atoms with Crippen molar-refractivity contribution in [1.29, 1.82) is 0 Å². The van der Waals surface area contributed by atoms with Gasteiger partial charge in [0.1, 0.15) is 12.6 Å². The molecule has 5 rings (SSSR count). The molecular formula is C27H23Cl2N5O2S. The number of carbonyl (C=O) groups is 1. The molecule has 4 aromatic rings. The van der Waals surface area contributed by atoms with Gasteiger partial charge in [-0.3, -0.25) is 9.78 Å². The van der Waals surface area contributed by atoms with Crippen LogP contribution in [0.1, 0.15) is 23.5 Å². The van der Waals surface area contributed by atoms with E-state index in [0.29, 0.717) is 20.8 Å². The van der Waals surface area contributed by atoms with Crippen LogP contribution in [0, 0.1) is 0 Å². The van der Waals surface area contributed by atoms with Crippen molar-refractivity contribution in [2.45, 2.75) is 12.1 Å². The van der Waals surface area contributed by atoms with Gasteiger partial charge in [-0.05, 0) is 78.9 Å². The maximum atomic E-state index is 11.9. The highest BCUT2D eigenvalue weighted by Gasteiger charge is 2.42. The summed E-state index contributed by atoms with van der Waals surface area (Å²) in [5.41, 5.74) is 4.15. The molecule has 2 atom stereocenters. The Balaban J connectivity index is 1.57. The van der Waals surface area contributed by atoms with Gasteiger partial charge in [0.2, 0.25) is 5.91 Å². The molecule has 1 saturated heterocycles. The highest BCUT2D eigenvalue weighted by Crippen LogP contribution is 2.43. The molecule has 1 fully saturated rings. The SMILES string of the molecule is COCC(=O)Nc1ccc(N2C(=S)N[C@@H](c3ccccn3)[C@H]2c2cccn2-c2ccc(Cl)cc2Cl)cc1. The fraction of sp³-hybridized carbons (Fsp3) is 0.148. The van der Waals surface area contributed by atoms with E-state index in [1.165, 1.54) is 7.11 Å². The number of ether oxygens (including phenoxy) is 1. The fourth-order valence-corrected chi connectivity index (χ4v) is 5.34. The molecule has 1 amide bonds. The van der Waals surface area contributed by atoms with E-state index in [1.54, 1.807) is 12.3 Å². The van der Waals surface area contributed by atoms with Crippen LogP contribution in [-0.4, -0.2) is 34.3 Å². The number of nitrogens with zero attached hydrogens (tertiary/aromatic N) is 3. The fourth-order valence-electron chi connectivity index (χ4n) is 4.50. The molecule has 0 unspecified atom stereocenters. The summed E-state index contributed by atoms with van der Waals surface area (Å²) >= 11 is 18.6. The first kappa shape index (κ1) is 25.2. The number of halogens is 2. The lowest BCUT2D eigenvalue weighted by molar-refractivity contribution is -0.119. The van der Waals surface area contributed by atoms with E-state index in [1.807, 2.05) is 77.5 Å². The molecule has 0 radical (unpaired) electrons. The predicted molar refractivity (Wildman–Crippen MR) is 151 cm³/mol. The zero-order valence-corrected chi connectivity index (χ0v) is 22.1. The molecule has 0 saturated carbocycles. The third-order valence-electron chi connectivity index (χ3n) is 6.06. The normalized spacial score (nSPS) is 17.1. The van der Waals surface area contributed by atoms with Gasteiger partial charge in [0.15, 0.2) is 5.11 Å². The summed E-state index contributed by atoms with van der Waals surface area (Å²) in [6, 6.07) is 22.3. The van der Waals surface area contributed by atoms with Crippen molar-refractivity contribution < 1.29 is 9.53 Å². The van der Waals surface area contributed by atoms with E-state index in [4.69, 9.17) is 40.2 Å². The zero-order chi connectivity index (χ0) is 25.9. The Hall–Kier alpha value is -3.43. The number of carbonyl (C=O) groups excluding carboxylic acids is 1. The summed E-state index contributed by atoms with van der Waals surface area (Å²) in [5, 5.41) is 7.95. The lowest BCUT2D eigenvalue weighted by atomic mass is 10.0. The molecule has 2 N–H and O–H groups in total. The van der Waals surface area contributed by atoms with Crippen molar-refractivity contribution in [1.82, 2.24) is 14.9 Å². The number of benzene rings is 2. The monoisotopic (exact) mass is 551 g/mol. The minimum Gasteiger partial charge on any atom is -0.375 e. The smallest absolute Gasteiger partial charge is 0.250 e. The third kappa shape index (κ3) is 5.19. The molecule has 0 bridgehead atoms. The largest absolute Gasteiger partial charge is 0.375 e. The van der Waals surface area contributed by atoms with Crippen LogP contribution in [0.25, 0.3) is 5.69 Å². The van der Waals surface area contributed by atoms with E-state index >= 15 is 0 Å². The Morgan fingerprint density at radius 2 is 1.92 bits per heavy atom. The predicted octanol–water partition coefficient (Wildman–Crippen LogP) is 5.94. The molecule has 10 heteroatoms. The number of hydrogen-bond donors (Lipinski definition) is 2. The second-order valence-corrected chi connectivity index (χ2v) is 9.65. The molecule has 2 aromatic carbocycles. The quantitative estimate of drug-likeness (QED) is 0.277. The number of thiocarbonyl (C=S) groups is 1. The first-order valence-electron chi connectivity index (χ1n) is 11.5. The van der Waals surface area contributed by atoms with E-state index in [9.17, 15) is 4.79 Å². The molecule has 0 aliphatic carbocycles. The van der Waals surface area contributed by atoms with Crippen molar-refractivity contribution >= 4 is 57.8 Å². The number of rotatable bonds is 7. The van der Waals surface area contributed by atoms with Gasteiger partial charge in [-0.2, -0.15) is 0 Å². The Morgan fingerprint density at radius 3 is 2.62 bits per heavy atom. The lowest BCUT2D eigenvalue weighted by Gasteiger charge is -2.29. The summed E-state index contributed by atoms with van der Waals surface area (Å²) in [6.07, 6.45) is 3.74. The maximum Gasteiger partial charge on any atom is 0.250 e. The summed E-state index contributed by atoms with van der Waals surface area (Å²) in [7, 11) is 1.48. The molecule has 1 aliphatic heterocycles. The summed E-state index contributed by atoms with van der Waals surface area (Å²) in [5.74, 6) is -0.223. The van der Waals surface area contributed by atoms with E-state index < -0.39 is 0 Å². The number of aromatic nitrogens is 2. The first-order valence-corrected chi connectivity index (χ1v) is 12.6. The van der Waals surface area contributed by atoms with Crippen LogP contribution in [0.4, 0.5) is 11.4 Å². The van der Waals surface area contributed by atoms with Crippen molar-refractivity contribution in [3.05, 3.63) is 107 Å². The van der Waals surface area contributed by atoms with Gasteiger partial charge in [0.25, 0.3) is 0 Å². The Kier molecular flexibility index (Phi) is 7.43. The number of anilines is 2. The molecule has 0 spiro atoms. The maximum absolute atomic E-state index is 11.9. The van der Waals surface area contributed by atoms with Gasteiger partial charge >= 0.3 is 0 Å². The van der Waals surface area contributed by atoms with Crippen LogP contribution < -0.4 is 15.5 Å². The second-order valence-electron chi connectivity index (χ2n) is 8.42. The van der Waals surface area contributed by atoms with Crippen molar-refractivity contribution in [3.63, 3.8) is 0 Å². The van der Waals surface area contributed by atoms with Gasteiger partial charge in [-0.15, -0.1) is 0 Å². The van der Waals surface area contributed by atoms with Gasteiger partial charge in [-0.25, -0.2) is 0 Å². The summed E-state index contributed by atoms with van der Waals surface area (Å²) in [6.45, 7) is -0.0139. The second kappa shape index (κ2) is 10.9. The van der Waals surface area contributed by atoms with Gasteiger partial charge in [0.05, 0.1) is 22.4 Å². The topological polar surface area (TPSA) is 71.4 Å². The molecule has 37 heavy (non-hydrogen) atoms. The zero-order valence-electron chi connectivity index (χ0n) is 19.8. The van der Waals surface area contributed by atoms with E-state index in [2.05, 4.69) is 20.5 Å². The standard InChI is InChI=1S/C27H23Cl2N5O2S/c1-36-16-24(35)31-18-8-10-19(11-9-18)34-26(25(32-27(34)37)21-5-2-3-13-30-21)23-6-4-14-33(23)22-12-7-17(28)15-20(22)29/h2-15,25-26H,16H2,1H3,(H,31,35)(H,32,37)/t25-,26+/m0/s1. The minimum atomic E-state index is -0.252. The van der Waals surface area contributed by atoms with Crippen molar-refractivity contribution in [2.75, 3.05) is 23.9 Å². The number of methoxy groups -OCH3 is 1. The van der Waals surface area contributed by atoms with Gasteiger partial charge < -0.3 is 24.8 Å². The van der Waals surface area contributed by atoms with Crippen molar-refractivity contribution in [2.24, 2.45) is 0 Å². The summed E-state index contributed by atoms with van der Waals surface area (Å²) in [4.78, 5) is 18.6. The molecule has 1 aliphatic rings. The van der Waals surface area contributed by atoms with Gasteiger partial charge in [-0.1, -0.05) is 29.3 Å². The molecule has 2 aromatic heterocycles. The van der Waals surface area contributed by atoms with E-state index in [-0.39, 0.29) is 24.6 Å². The highest BCUT2D eigenvalue weighted by molar-refractivity contribution is 7.80.